The fourth-order valence-corrected chi connectivity index (χ4v) is 3.65. The predicted octanol–water partition coefficient (Wildman–Crippen LogP) is 1.96. The first-order valence-corrected chi connectivity index (χ1v) is 9.60. The van der Waals surface area contributed by atoms with E-state index in [2.05, 4.69) is 25.5 Å². The van der Waals surface area contributed by atoms with Crippen molar-refractivity contribution in [3.63, 3.8) is 0 Å². The van der Waals surface area contributed by atoms with Gasteiger partial charge < -0.3 is 14.2 Å². The number of hydrogen-bond donors (Lipinski definition) is 0. The highest BCUT2D eigenvalue weighted by atomic mass is 16.5. The minimum atomic E-state index is -0.331. The van der Waals surface area contributed by atoms with Gasteiger partial charge in [0.25, 0.3) is 0 Å². The molecule has 2 aromatic heterocycles. The zero-order valence-corrected chi connectivity index (χ0v) is 16.1. The van der Waals surface area contributed by atoms with E-state index in [0.717, 1.165) is 29.7 Å². The summed E-state index contributed by atoms with van der Waals surface area (Å²) in [6.45, 7) is 4.09. The van der Waals surface area contributed by atoms with Crippen LogP contribution >= 0.6 is 0 Å². The molecule has 7 heteroatoms. The number of imidazole rings is 1. The Morgan fingerprint density at radius 2 is 2.04 bits per heavy atom. The van der Waals surface area contributed by atoms with E-state index in [1.54, 1.807) is 12.4 Å². The molecule has 0 spiro atoms. The molecule has 7 nitrogen and oxygen atoms in total. The van der Waals surface area contributed by atoms with E-state index >= 15 is 0 Å². The van der Waals surface area contributed by atoms with E-state index in [9.17, 15) is 4.79 Å². The van der Waals surface area contributed by atoms with Crippen LogP contribution in [-0.4, -0.2) is 70.1 Å². The molecule has 1 unspecified atom stereocenters. The van der Waals surface area contributed by atoms with Crippen LogP contribution in [0.2, 0.25) is 0 Å². The maximum atomic E-state index is 13.4. The van der Waals surface area contributed by atoms with Crippen molar-refractivity contribution in [2.75, 3.05) is 39.9 Å². The van der Waals surface area contributed by atoms with Crippen LogP contribution in [0.15, 0.2) is 55.1 Å². The first kappa shape index (κ1) is 18.6. The van der Waals surface area contributed by atoms with Crippen molar-refractivity contribution in [2.45, 2.75) is 12.6 Å². The molecule has 0 radical (unpaired) electrons. The van der Waals surface area contributed by atoms with Crippen molar-refractivity contribution in [2.24, 2.45) is 0 Å². The highest BCUT2D eigenvalue weighted by Crippen LogP contribution is 2.23. The lowest BCUT2D eigenvalue weighted by Crippen LogP contribution is -2.46. The van der Waals surface area contributed by atoms with Crippen LogP contribution in [0.5, 0.6) is 0 Å². The Kier molecular flexibility index (Phi) is 5.64. The summed E-state index contributed by atoms with van der Waals surface area (Å²) >= 11 is 0. The first-order valence-electron chi connectivity index (χ1n) is 9.60. The maximum Gasteiger partial charge on any atom is 0.244 e. The number of aromatic nitrogens is 3. The van der Waals surface area contributed by atoms with Crippen LogP contribution < -0.4 is 0 Å². The van der Waals surface area contributed by atoms with Gasteiger partial charge in [-0.05, 0) is 23.8 Å². The van der Waals surface area contributed by atoms with E-state index in [-0.39, 0.29) is 11.9 Å². The number of pyridine rings is 1. The molecule has 3 heterocycles. The second-order valence-electron chi connectivity index (χ2n) is 7.02. The minimum Gasteiger partial charge on any atom is -0.379 e. The van der Waals surface area contributed by atoms with Gasteiger partial charge in [-0.15, -0.1) is 0 Å². The van der Waals surface area contributed by atoms with Gasteiger partial charge in [-0.2, -0.15) is 0 Å². The molecule has 1 atom stereocenters. The predicted molar refractivity (Wildman–Crippen MR) is 107 cm³/mol. The van der Waals surface area contributed by atoms with E-state index < -0.39 is 0 Å². The number of likely N-dealkylation sites (N-methyl/N-ethyl adjacent to an activating group) is 1. The lowest BCUT2D eigenvalue weighted by atomic mass is 10.1. The van der Waals surface area contributed by atoms with Gasteiger partial charge in [0, 0.05) is 45.6 Å². The van der Waals surface area contributed by atoms with E-state index in [1.807, 2.05) is 48.6 Å². The molecule has 4 rings (SSSR count). The standard InChI is InChI=1S/C21H25N5O2/c1-24(9-10-26-16-23-18-6-2-3-7-19(18)26)21(27)20(17-5-4-8-22-15-17)25-11-13-28-14-12-25/h2-8,15-16,20H,9-14H2,1H3. The fourth-order valence-electron chi connectivity index (χ4n) is 3.65. The monoisotopic (exact) mass is 379 g/mol. The molecule has 0 aliphatic carbocycles. The molecule has 1 amide bonds. The normalized spacial score (nSPS) is 16.2. The van der Waals surface area contributed by atoms with E-state index in [4.69, 9.17) is 4.74 Å². The molecule has 1 fully saturated rings. The molecule has 0 saturated carbocycles. The van der Waals surface area contributed by atoms with Gasteiger partial charge in [-0.3, -0.25) is 14.7 Å². The number of carbonyl (C=O) groups is 1. The number of amides is 1. The molecule has 1 aliphatic rings. The van der Waals surface area contributed by atoms with Crippen molar-refractivity contribution in [3.8, 4) is 0 Å². The Balaban J connectivity index is 1.49. The smallest absolute Gasteiger partial charge is 0.244 e. The Hall–Kier alpha value is -2.77. The molecular formula is C21H25N5O2. The highest BCUT2D eigenvalue weighted by Gasteiger charge is 2.31. The number of rotatable bonds is 6. The van der Waals surface area contributed by atoms with Crippen LogP contribution in [-0.2, 0) is 16.1 Å². The van der Waals surface area contributed by atoms with Crippen LogP contribution in [0, 0.1) is 0 Å². The zero-order valence-electron chi connectivity index (χ0n) is 16.1. The summed E-state index contributed by atoms with van der Waals surface area (Å²) in [6.07, 6.45) is 5.36. The van der Waals surface area contributed by atoms with Crippen molar-refractivity contribution in [3.05, 3.63) is 60.7 Å². The number of ether oxygens (including phenoxy) is 1. The number of morpholine rings is 1. The number of hydrogen-bond acceptors (Lipinski definition) is 5. The topological polar surface area (TPSA) is 63.5 Å². The third-order valence-electron chi connectivity index (χ3n) is 5.22. The van der Waals surface area contributed by atoms with E-state index in [0.29, 0.717) is 26.3 Å². The Morgan fingerprint density at radius 3 is 2.82 bits per heavy atom. The fraction of sp³-hybridized carbons (Fsp3) is 0.381. The Labute approximate surface area is 164 Å². The average molecular weight is 379 g/mol. The SMILES string of the molecule is CN(CCn1cnc2ccccc21)C(=O)C(c1cccnc1)N1CCOCC1. The molecule has 0 bridgehead atoms. The lowest BCUT2D eigenvalue weighted by molar-refractivity contribution is -0.138. The Bertz CT molecular complexity index is 921. The van der Waals surface area contributed by atoms with Crippen molar-refractivity contribution < 1.29 is 9.53 Å². The summed E-state index contributed by atoms with van der Waals surface area (Å²) in [7, 11) is 1.87. The number of fused-ring (bicyclic) bond motifs is 1. The third-order valence-corrected chi connectivity index (χ3v) is 5.22. The van der Waals surface area contributed by atoms with Crippen LogP contribution in [0.3, 0.4) is 0 Å². The summed E-state index contributed by atoms with van der Waals surface area (Å²) in [5, 5.41) is 0. The second kappa shape index (κ2) is 8.50. The maximum absolute atomic E-state index is 13.4. The van der Waals surface area contributed by atoms with Gasteiger partial charge in [0.05, 0.1) is 30.6 Å². The molecule has 146 valence electrons. The van der Waals surface area contributed by atoms with Gasteiger partial charge in [0.2, 0.25) is 5.91 Å². The average Bonchev–Trinajstić information content (AvgIpc) is 3.17. The number of nitrogens with zero attached hydrogens (tertiary/aromatic N) is 5. The molecular weight excluding hydrogens is 354 g/mol. The summed E-state index contributed by atoms with van der Waals surface area (Å²) in [5.74, 6) is 0.0827. The van der Waals surface area contributed by atoms with E-state index in [1.165, 1.54) is 0 Å². The number of para-hydroxylation sites is 2. The Morgan fingerprint density at radius 1 is 1.21 bits per heavy atom. The van der Waals surface area contributed by atoms with Crippen LogP contribution in [0.4, 0.5) is 0 Å². The van der Waals surface area contributed by atoms with Crippen molar-refractivity contribution in [1.82, 2.24) is 24.3 Å². The van der Waals surface area contributed by atoms with Crippen LogP contribution in [0.25, 0.3) is 11.0 Å². The van der Waals surface area contributed by atoms with Gasteiger partial charge >= 0.3 is 0 Å². The largest absolute Gasteiger partial charge is 0.379 e. The number of carbonyl (C=O) groups excluding carboxylic acids is 1. The minimum absolute atomic E-state index is 0.0827. The summed E-state index contributed by atoms with van der Waals surface area (Å²) < 4.78 is 7.56. The second-order valence-corrected chi connectivity index (χ2v) is 7.02. The summed E-state index contributed by atoms with van der Waals surface area (Å²) in [4.78, 5) is 26.0. The van der Waals surface area contributed by atoms with Gasteiger partial charge in [0.1, 0.15) is 6.04 Å². The summed E-state index contributed by atoms with van der Waals surface area (Å²) in [5.41, 5.74) is 2.98. The van der Waals surface area contributed by atoms with Crippen LogP contribution in [0.1, 0.15) is 11.6 Å². The molecule has 1 aliphatic heterocycles. The first-order chi connectivity index (χ1) is 13.7. The molecule has 0 N–H and O–H groups in total. The lowest BCUT2D eigenvalue weighted by Gasteiger charge is -2.35. The molecule has 28 heavy (non-hydrogen) atoms. The third kappa shape index (κ3) is 3.90. The zero-order chi connectivity index (χ0) is 19.3. The quantitative estimate of drug-likeness (QED) is 0.655. The highest BCUT2D eigenvalue weighted by molar-refractivity contribution is 5.83. The van der Waals surface area contributed by atoms with Crippen molar-refractivity contribution >= 4 is 16.9 Å². The molecule has 1 aromatic carbocycles. The number of benzene rings is 1. The molecule has 1 saturated heterocycles. The van der Waals surface area contributed by atoms with Gasteiger partial charge in [-0.25, -0.2) is 4.98 Å². The van der Waals surface area contributed by atoms with Gasteiger partial charge in [-0.1, -0.05) is 18.2 Å². The summed E-state index contributed by atoms with van der Waals surface area (Å²) in [6, 6.07) is 11.6. The van der Waals surface area contributed by atoms with Crippen molar-refractivity contribution in [1.29, 1.82) is 0 Å². The molecule has 3 aromatic rings. The van der Waals surface area contributed by atoms with Gasteiger partial charge in [0.15, 0.2) is 0 Å².